The van der Waals surface area contributed by atoms with Gasteiger partial charge in [0.05, 0.1) is 10.9 Å². The van der Waals surface area contributed by atoms with E-state index in [0.29, 0.717) is 35.6 Å². The van der Waals surface area contributed by atoms with Crippen LogP contribution in [0, 0.1) is 6.92 Å². The maximum absolute atomic E-state index is 13.1. The Morgan fingerprint density at radius 3 is 2.50 bits per heavy atom. The topological polar surface area (TPSA) is 112 Å². The Kier molecular flexibility index (Phi) is 6.25. The lowest BCUT2D eigenvalue weighted by Crippen LogP contribution is -2.43. The maximum Gasteiger partial charge on any atom is 0.331 e. The first-order chi connectivity index (χ1) is 15.5. The monoisotopic (exact) mass is 433 g/mol. The summed E-state index contributed by atoms with van der Waals surface area (Å²) in [4.78, 5) is 42.8. The number of benzene rings is 2. The second-order valence-corrected chi connectivity index (χ2v) is 7.41. The Morgan fingerprint density at radius 2 is 1.75 bits per heavy atom. The lowest BCUT2D eigenvalue weighted by molar-refractivity contribution is -0.121. The molecule has 2 aromatic carbocycles. The van der Waals surface area contributed by atoms with Crippen LogP contribution in [-0.2, 0) is 30.7 Å². The van der Waals surface area contributed by atoms with Gasteiger partial charge in [-0.1, -0.05) is 47.6 Å². The van der Waals surface area contributed by atoms with Gasteiger partial charge >= 0.3 is 5.69 Å². The number of fused-ring (bicyclic) bond motifs is 1. The van der Waals surface area contributed by atoms with Crippen molar-refractivity contribution >= 4 is 16.8 Å². The molecule has 9 heteroatoms. The highest BCUT2D eigenvalue weighted by atomic mass is 16.5. The molecular weight excluding hydrogens is 410 g/mol. The van der Waals surface area contributed by atoms with Crippen LogP contribution in [0.15, 0.2) is 68.7 Å². The van der Waals surface area contributed by atoms with Gasteiger partial charge in [0.2, 0.25) is 11.8 Å². The number of nitrogens with zero attached hydrogens (tertiary/aromatic N) is 4. The average Bonchev–Trinajstić information content (AvgIpc) is 3.22. The Balaban J connectivity index is 1.56. The lowest BCUT2D eigenvalue weighted by Gasteiger charge is -2.14. The van der Waals surface area contributed by atoms with Gasteiger partial charge in [-0.25, -0.2) is 4.79 Å². The zero-order valence-electron chi connectivity index (χ0n) is 17.7. The van der Waals surface area contributed by atoms with Gasteiger partial charge in [0.15, 0.2) is 5.82 Å². The molecule has 0 bridgehead atoms. The largest absolute Gasteiger partial charge is 0.354 e. The predicted molar refractivity (Wildman–Crippen MR) is 118 cm³/mol. The number of amides is 1. The smallest absolute Gasteiger partial charge is 0.331 e. The molecule has 0 aliphatic carbocycles. The minimum atomic E-state index is -0.553. The SMILES string of the molecule is Cc1noc(CCn2c(=O)c3ccccc3n(CC(=O)NCCc3ccccc3)c2=O)n1. The van der Waals surface area contributed by atoms with Crippen LogP contribution in [0.3, 0.4) is 0 Å². The Hall–Kier alpha value is -4.01. The summed E-state index contributed by atoms with van der Waals surface area (Å²) in [7, 11) is 0. The highest BCUT2D eigenvalue weighted by Gasteiger charge is 2.16. The van der Waals surface area contributed by atoms with Crippen LogP contribution < -0.4 is 16.6 Å². The Bertz CT molecular complexity index is 1350. The van der Waals surface area contributed by atoms with Crippen molar-refractivity contribution in [3.8, 4) is 0 Å². The molecule has 0 unspecified atom stereocenters. The second-order valence-electron chi connectivity index (χ2n) is 7.41. The van der Waals surface area contributed by atoms with Gasteiger partial charge in [-0.3, -0.25) is 18.7 Å². The molecule has 0 saturated carbocycles. The highest BCUT2D eigenvalue weighted by molar-refractivity contribution is 5.81. The molecule has 32 heavy (non-hydrogen) atoms. The second kappa shape index (κ2) is 9.42. The standard InChI is InChI=1S/C23H23N5O4/c1-16-25-21(32-26-16)12-14-27-22(30)18-9-5-6-10-19(18)28(23(27)31)15-20(29)24-13-11-17-7-3-2-4-8-17/h2-10H,11-15H2,1H3,(H,24,29). The third kappa shape index (κ3) is 4.66. The summed E-state index contributed by atoms with van der Waals surface area (Å²) >= 11 is 0. The molecule has 0 saturated heterocycles. The Morgan fingerprint density at radius 1 is 1.00 bits per heavy atom. The van der Waals surface area contributed by atoms with Crippen molar-refractivity contribution in [2.75, 3.05) is 6.54 Å². The van der Waals surface area contributed by atoms with E-state index in [1.165, 1.54) is 4.57 Å². The van der Waals surface area contributed by atoms with E-state index < -0.39 is 11.2 Å². The normalized spacial score (nSPS) is 11.0. The summed E-state index contributed by atoms with van der Waals surface area (Å²) < 4.78 is 7.52. The summed E-state index contributed by atoms with van der Waals surface area (Å²) in [5, 5.41) is 6.93. The van der Waals surface area contributed by atoms with Crippen molar-refractivity contribution in [3.63, 3.8) is 0 Å². The summed E-state index contributed by atoms with van der Waals surface area (Å²) in [5.41, 5.74) is 0.566. The van der Waals surface area contributed by atoms with Crippen molar-refractivity contribution in [2.45, 2.75) is 32.9 Å². The summed E-state index contributed by atoms with van der Waals surface area (Å²) in [6.07, 6.45) is 0.920. The van der Waals surface area contributed by atoms with Gasteiger partial charge < -0.3 is 9.84 Å². The van der Waals surface area contributed by atoms with Crippen molar-refractivity contribution in [1.29, 1.82) is 0 Å². The summed E-state index contributed by atoms with van der Waals surface area (Å²) in [6, 6.07) is 16.6. The van der Waals surface area contributed by atoms with Crippen molar-refractivity contribution in [1.82, 2.24) is 24.6 Å². The minimum Gasteiger partial charge on any atom is -0.354 e. The number of rotatable bonds is 8. The third-order valence-corrected chi connectivity index (χ3v) is 5.13. The van der Waals surface area contributed by atoms with E-state index in [1.807, 2.05) is 30.3 Å². The fourth-order valence-electron chi connectivity index (χ4n) is 3.56. The molecule has 1 N–H and O–H groups in total. The first kappa shape index (κ1) is 21.2. The van der Waals surface area contributed by atoms with Crippen molar-refractivity contribution < 1.29 is 9.32 Å². The van der Waals surface area contributed by atoms with Crippen LogP contribution in [0.1, 0.15) is 17.3 Å². The minimum absolute atomic E-state index is 0.0692. The molecule has 0 aliphatic heterocycles. The molecule has 4 rings (SSSR count). The van der Waals surface area contributed by atoms with Gasteiger partial charge in [-0.05, 0) is 31.0 Å². The van der Waals surface area contributed by atoms with E-state index in [2.05, 4.69) is 15.5 Å². The number of carbonyl (C=O) groups is 1. The molecule has 164 valence electrons. The molecule has 0 fully saturated rings. The van der Waals surface area contributed by atoms with Crippen molar-refractivity contribution in [2.24, 2.45) is 0 Å². The van der Waals surface area contributed by atoms with Crippen LogP contribution in [0.25, 0.3) is 10.9 Å². The zero-order chi connectivity index (χ0) is 22.5. The van der Waals surface area contributed by atoms with Gasteiger partial charge in [0.25, 0.3) is 5.56 Å². The maximum atomic E-state index is 13.1. The molecule has 0 aliphatic rings. The van der Waals surface area contributed by atoms with Crippen LogP contribution in [-0.4, -0.2) is 31.7 Å². The molecule has 2 heterocycles. The number of aryl methyl sites for hydroxylation is 2. The third-order valence-electron chi connectivity index (χ3n) is 5.13. The van der Waals surface area contributed by atoms with Crippen LogP contribution >= 0.6 is 0 Å². The fourth-order valence-corrected chi connectivity index (χ4v) is 3.56. The van der Waals surface area contributed by atoms with E-state index in [1.54, 1.807) is 31.2 Å². The van der Waals surface area contributed by atoms with Gasteiger partial charge in [-0.2, -0.15) is 4.98 Å². The average molecular weight is 433 g/mol. The molecule has 0 radical (unpaired) electrons. The summed E-state index contributed by atoms with van der Waals surface area (Å²) in [5.74, 6) is 0.522. The van der Waals surface area contributed by atoms with E-state index in [-0.39, 0.29) is 25.4 Å². The van der Waals surface area contributed by atoms with E-state index >= 15 is 0 Å². The quantitative estimate of drug-likeness (QED) is 0.450. The molecule has 0 atom stereocenters. The number of hydrogen-bond donors (Lipinski definition) is 1. The molecule has 2 aromatic heterocycles. The number of hydrogen-bond acceptors (Lipinski definition) is 6. The molecule has 1 amide bonds. The number of carbonyl (C=O) groups excluding carboxylic acids is 1. The molecule has 9 nitrogen and oxygen atoms in total. The van der Waals surface area contributed by atoms with Gasteiger partial charge in [-0.15, -0.1) is 0 Å². The number of aromatic nitrogens is 4. The van der Waals surface area contributed by atoms with Crippen LogP contribution in [0.2, 0.25) is 0 Å². The molecular formula is C23H23N5O4. The van der Waals surface area contributed by atoms with E-state index in [0.717, 1.165) is 10.1 Å². The summed E-state index contributed by atoms with van der Waals surface area (Å²) in [6.45, 7) is 2.03. The predicted octanol–water partition coefficient (Wildman–Crippen LogP) is 1.46. The molecule has 4 aromatic rings. The number of nitrogens with one attached hydrogen (secondary N) is 1. The lowest BCUT2D eigenvalue weighted by atomic mass is 10.1. The zero-order valence-corrected chi connectivity index (χ0v) is 17.7. The first-order valence-corrected chi connectivity index (χ1v) is 10.3. The highest BCUT2D eigenvalue weighted by Crippen LogP contribution is 2.08. The Labute approximate surface area is 183 Å². The molecule has 0 spiro atoms. The van der Waals surface area contributed by atoms with Crippen LogP contribution in [0.4, 0.5) is 0 Å². The first-order valence-electron chi connectivity index (χ1n) is 10.3. The van der Waals surface area contributed by atoms with Gasteiger partial charge in [0, 0.05) is 19.5 Å². The van der Waals surface area contributed by atoms with Gasteiger partial charge in [0.1, 0.15) is 6.54 Å². The van der Waals surface area contributed by atoms with Crippen molar-refractivity contribution in [3.05, 3.63) is 92.7 Å². The van der Waals surface area contributed by atoms with Crippen LogP contribution in [0.5, 0.6) is 0 Å². The number of para-hydroxylation sites is 1. The van der Waals surface area contributed by atoms with E-state index in [9.17, 15) is 14.4 Å². The van der Waals surface area contributed by atoms with E-state index in [4.69, 9.17) is 4.52 Å². The fraction of sp³-hybridized carbons (Fsp3) is 0.261.